The zero-order chi connectivity index (χ0) is 9.80. The summed E-state index contributed by atoms with van der Waals surface area (Å²) in [6.45, 7) is 0.858. The number of nitrogens with zero attached hydrogens (tertiary/aromatic N) is 1. The van der Waals surface area contributed by atoms with Crippen molar-refractivity contribution in [2.75, 3.05) is 11.9 Å². The third-order valence-corrected chi connectivity index (χ3v) is 2.39. The van der Waals surface area contributed by atoms with Crippen molar-refractivity contribution < 1.29 is 0 Å². The summed E-state index contributed by atoms with van der Waals surface area (Å²) in [5.74, 6) is 0.845. The van der Waals surface area contributed by atoms with Crippen molar-refractivity contribution in [2.45, 2.75) is 12.8 Å². The van der Waals surface area contributed by atoms with Gasteiger partial charge < -0.3 is 5.32 Å². The van der Waals surface area contributed by atoms with Gasteiger partial charge in [-0.2, -0.15) is 0 Å². The summed E-state index contributed by atoms with van der Waals surface area (Å²) >= 11 is 5.75. The molecule has 0 unspecified atom stereocenters. The summed E-state index contributed by atoms with van der Waals surface area (Å²) in [7, 11) is 0. The highest BCUT2D eigenvalue weighted by Gasteiger charge is 2.16. The van der Waals surface area contributed by atoms with Gasteiger partial charge in [0.05, 0.1) is 0 Å². The molecular formula is C11H13ClN2. The molecule has 1 aliphatic rings. The number of halogens is 1. The molecular weight excluding hydrogens is 196 g/mol. The van der Waals surface area contributed by atoms with Crippen LogP contribution in [-0.4, -0.2) is 11.5 Å². The van der Waals surface area contributed by atoms with Crippen LogP contribution in [0.3, 0.4) is 0 Å². The highest BCUT2D eigenvalue weighted by Crippen LogP contribution is 2.29. The maximum Gasteiger partial charge on any atom is 0.131 e. The molecule has 74 valence electrons. The molecule has 1 fully saturated rings. The fourth-order valence-electron chi connectivity index (χ4n) is 1.24. The van der Waals surface area contributed by atoms with Crippen LogP contribution in [0.4, 0.5) is 5.69 Å². The van der Waals surface area contributed by atoms with Gasteiger partial charge >= 0.3 is 0 Å². The lowest BCUT2D eigenvalue weighted by atomic mass is 10.3. The highest BCUT2D eigenvalue weighted by molar-refractivity contribution is 6.29. The van der Waals surface area contributed by atoms with Crippen molar-refractivity contribution in [3.05, 3.63) is 35.6 Å². The SMILES string of the molecule is Clc1cc(NC/C=C/C2CC2)ccn1. The molecule has 1 aliphatic carbocycles. The van der Waals surface area contributed by atoms with E-state index in [4.69, 9.17) is 11.6 Å². The van der Waals surface area contributed by atoms with Gasteiger partial charge in [-0.1, -0.05) is 23.8 Å². The quantitative estimate of drug-likeness (QED) is 0.608. The lowest BCUT2D eigenvalue weighted by Gasteiger charge is -2.02. The number of pyridine rings is 1. The highest BCUT2D eigenvalue weighted by atomic mass is 35.5. The second-order valence-electron chi connectivity index (χ2n) is 3.51. The van der Waals surface area contributed by atoms with Gasteiger partial charge in [-0.3, -0.25) is 0 Å². The number of hydrogen-bond acceptors (Lipinski definition) is 2. The van der Waals surface area contributed by atoms with Crippen molar-refractivity contribution in [1.82, 2.24) is 4.98 Å². The molecule has 0 aromatic carbocycles. The lowest BCUT2D eigenvalue weighted by Crippen LogP contribution is -1.98. The van der Waals surface area contributed by atoms with Crippen LogP contribution >= 0.6 is 11.6 Å². The van der Waals surface area contributed by atoms with Crippen molar-refractivity contribution in [1.29, 1.82) is 0 Å². The van der Waals surface area contributed by atoms with Gasteiger partial charge in [0.15, 0.2) is 0 Å². The van der Waals surface area contributed by atoms with Gasteiger partial charge in [-0.15, -0.1) is 0 Å². The average molecular weight is 209 g/mol. The van der Waals surface area contributed by atoms with Crippen LogP contribution in [-0.2, 0) is 0 Å². The predicted octanol–water partition coefficient (Wildman–Crippen LogP) is 3.11. The number of aromatic nitrogens is 1. The van der Waals surface area contributed by atoms with Gasteiger partial charge in [0.2, 0.25) is 0 Å². The Hall–Kier alpha value is -1.02. The maximum absolute atomic E-state index is 5.75. The Bertz CT molecular complexity index is 332. The van der Waals surface area contributed by atoms with E-state index in [0.717, 1.165) is 18.2 Å². The Labute approximate surface area is 89.0 Å². The molecule has 1 saturated carbocycles. The average Bonchev–Trinajstić information content (AvgIpc) is 2.96. The second-order valence-corrected chi connectivity index (χ2v) is 3.90. The third kappa shape index (κ3) is 3.04. The summed E-state index contributed by atoms with van der Waals surface area (Å²) < 4.78 is 0. The smallest absolute Gasteiger partial charge is 0.131 e. The minimum Gasteiger partial charge on any atom is -0.381 e. The molecule has 0 radical (unpaired) electrons. The van der Waals surface area contributed by atoms with E-state index in [1.807, 2.05) is 12.1 Å². The molecule has 0 atom stereocenters. The monoisotopic (exact) mass is 208 g/mol. The normalized spacial score (nSPS) is 16.1. The molecule has 2 nitrogen and oxygen atoms in total. The minimum absolute atomic E-state index is 0.529. The summed E-state index contributed by atoms with van der Waals surface area (Å²) in [6.07, 6.45) is 8.87. The zero-order valence-electron chi connectivity index (χ0n) is 7.91. The number of anilines is 1. The molecule has 2 rings (SSSR count). The maximum atomic E-state index is 5.75. The van der Waals surface area contributed by atoms with Gasteiger partial charge in [0.1, 0.15) is 5.15 Å². The van der Waals surface area contributed by atoms with Crippen molar-refractivity contribution in [3.63, 3.8) is 0 Å². The van der Waals surface area contributed by atoms with Crippen LogP contribution in [0.2, 0.25) is 5.15 Å². The van der Waals surface area contributed by atoms with Crippen LogP contribution in [0.25, 0.3) is 0 Å². The molecule has 0 amide bonds. The number of rotatable bonds is 4. The first-order valence-corrected chi connectivity index (χ1v) is 5.24. The number of hydrogen-bond donors (Lipinski definition) is 1. The van der Waals surface area contributed by atoms with Crippen LogP contribution in [0, 0.1) is 5.92 Å². The summed E-state index contributed by atoms with van der Waals surface area (Å²) in [4.78, 5) is 3.91. The van der Waals surface area contributed by atoms with Gasteiger partial charge in [-0.05, 0) is 30.9 Å². The van der Waals surface area contributed by atoms with Gasteiger partial charge in [0.25, 0.3) is 0 Å². The van der Waals surface area contributed by atoms with Crippen LogP contribution in [0.5, 0.6) is 0 Å². The van der Waals surface area contributed by atoms with Gasteiger partial charge in [0, 0.05) is 18.4 Å². The Morgan fingerprint density at radius 1 is 1.57 bits per heavy atom. The first-order valence-electron chi connectivity index (χ1n) is 4.87. The molecule has 1 heterocycles. The van der Waals surface area contributed by atoms with E-state index in [1.54, 1.807) is 6.20 Å². The molecule has 0 bridgehead atoms. The molecule has 0 spiro atoms. The third-order valence-electron chi connectivity index (χ3n) is 2.18. The minimum atomic E-state index is 0.529. The van der Waals surface area contributed by atoms with E-state index in [9.17, 15) is 0 Å². The fourth-order valence-corrected chi connectivity index (χ4v) is 1.41. The van der Waals surface area contributed by atoms with Crippen LogP contribution < -0.4 is 5.32 Å². The topological polar surface area (TPSA) is 24.9 Å². The van der Waals surface area contributed by atoms with E-state index in [1.165, 1.54) is 12.8 Å². The number of nitrogens with one attached hydrogen (secondary N) is 1. The molecule has 0 saturated heterocycles. The Morgan fingerprint density at radius 3 is 3.14 bits per heavy atom. The second kappa shape index (κ2) is 4.47. The fraction of sp³-hybridized carbons (Fsp3) is 0.364. The summed E-state index contributed by atoms with van der Waals surface area (Å²) in [5.41, 5.74) is 1.02. The Balaban J connectivity index is 1.79. The van der Waals surface area contributed by atoms with Crippen molar-refractivity contribution in [2.24, 2.45) is 5.92 Å². The zero-order valence-corrected chi connectivity index (χ0v) is 8.67. The van der Waals surface area contributed by atoms with E-state index in [-0.39, 0.29) is 0 Å². The Kier molecular flexibility index (Phi) is 3.04. The first-order chi connectivity index (χ1) is 6.84. The van der Waals surface area contributed by atoms with E-state index in [2.05, 4.69) is 22.5 Å². The summed E-state index contributed by atoms with van der Waals surface area (Å²) in [6, 6.07) is 3.74. The van der Waals surface area contributed by atoms with E-state index < -0.39 is 0 Å². The molecule has 0 aliphatic heterocycles. The lowest BCUT2D eigenvalue weighted by molar-refractivity contribution is 1.11. The van der Waals surface area contributed by atoms with Crippen LogP contribution in [0.15, 0.2) is 30.5 Å². The largest absolute Gasteiger partial charge is 0.381 e. The number of allylic oxidation sites excluding steroid dienone is 1. The standard InChI is InChI=1S/C11H13ClN2/c12-11-8-10(5-7-14-11)13-6-1-2-9-3-4-9/h1-2,5,7-9H,3-4,6H2,(H,13,14)/b2-1+. The first kappa shape index (κ1) is 9.53. The van der Waals surface area contributed by atoms with E-state index >= 15 is 0 Å². The van der Waals surface area contributed by atoms with Gasteiger partial charge in [-0.25, -0.2) is 4.98 Å². The van der Waals surface area contributed by atoms with E-state index in [0.29, 0.717) is 5.15 Å². The molecule has 1 N–H and O–H groups in total. The molecule has 14 heavy (non-hydrogen) atoms. The summed E-state index contributed by atoms with van der Waals surface area (Å²) in [5, 5.41) is 3.79. The van der Waals surface area contributed by atoms with Crippen LogP contribution in [0.1, 0.15) is 12.8 Å². The van der Waals surface area contributed by atoms with Crippen molar-refractivity contribution in [3.8, 4) is 0 Å². The predicted molar refractivity (Wildman–Crippen MR) is 59.6 cm³/mol. The molecule has 1 aromatic rings. The Morgan fingerprint density at radius 2 is 2.43 bits per heavy atom. The van der Waals surface area contributed by atoms with Crippen molar-refractivity contribution >= 4 is 17.3 Å². The molecule has 3 heteroatoms. The molecule has 1 aromatic heterocycles.